The van der Waals surface area contributed by atoms with Crippen LogP contribution < -0.4 is 0 Å². The van der Waals surface area contributed by atoms with Crippen molar-refractivity contribution >= 4 is 12.6 Å². The van der Waals surface area contributed by atoms with Gasteiger partial charge in [0.05, 0.1) is 0 Å². The molecule has 0 spiro atoms. The predicted molar refractivity (Wildman–Crippen MR) is 63.4 cm³/mol. The Hall–Kier alpha value is -0.170. The molecule has 0 aromatic heterocycles. The van der Waals surface area contributed by atoms with Crippen LogP contribution in [0.3, 0.4) is 0 Å². The van der Waals surface area contributed by atoms with Crippen molar-refractivity contribution < 1.29 is 0 Å². The van der Waals surface area contributed by atoms with E-state index in [1.165, 1.54) is 38.5 Å². The average Bonchev–Trinajstić information content (AvgIpc) is 2.11. The van der Waals surface area contributed by atoms with Gasteiger partial charge in [-0.15, -0.1) is 0 Å². The van der Waals surface area contributed by atoms with Gasteiger partial charge in [-0.2, -0.15) is 12.6 Å². The monoisotopic (exact) mass is 196 g/mol. The van der Waals surface area contributed by atoms with Gasteiger partial charge in [0.25, 0.3) is 0 Å². The number of hydrogen-bond donors (Lipinski definition) is 1. The maximum atomic E-state index is 4.55. The van der Waals surface area contributed by atoms with Crippen LogP contribution in [-0.4, -0.2) is 5.25 Å². The molecular formula is C12H20S. The average molecular weight is 196 g/mol. The number of thiol groups is 1. The fourth-order valence-corrected chi connectivity index (χ4v) is 1.85. The van der Waals surface area contributed by atoms with Gasteiger partial charge in [-0.25, -0.2) is 0 Å². The molecule has 1 aliphatic rings. The van der Waals surface area contributed by atoms with Crippen molar-refractivity contribution in [2.24, 2.45) is 0 Å². The molecule has 0 fully saturated rings. The van der Waals surface area contributed by atoms with Crippen LogP contribution in [-0.2, 0) is 0 Å². The van der Waals surface area contributed by atoms with Crippen LogP contribution in [0.25, 0.3) is 0 Å². The first-order valence-corrected chi connectivity index (χ1v) is 5.89. The minimum Gasteiger partial charge on any atom is -0.176 e. The molecule has 0 aliphatic heterocycles. The molecule has 0 radical (unpaired) electrons. The smallest absolute Gasteiger partial charge is 0.00514 e. The summed E-state index contributed by atoms with van der Waals surface area (Å²) in [5, 5.41) is 0.573. The lowest BCUT2D eigenvalue weighted by Gasteiger charge is -2.06. The highest BCUT2D eigenvalue weighted by atomic mass is 32.1. The maximum absolute atomic E-state index is 4.55. The quantitative estimate of drug-likeness (QED) is 0.437. The summed E-state index contributed by atoms with van der Waals surface area (Å²) in [5.41, 5.74) is 0. The lowest BCUT2D eigenvalue weighted by atomic mass is 10.1. The highest BCUT2D eigenvalue weighted by molar-refractivity contribution is 7.80. The molecule has 0 saturated heterocycles. The summed E-state index contributed by atoms with van der Waals surface area (Å²) < 4.78 is 0. The maximum Gasteiger partial charge on any atom is 0.00514 e. The molecule has 1 heteroatoms. The zero-order chi connectivity index (χ0) is 9.36. The summed E-state index contributed by atoms with van der Waals surface area (Å²) in [6, 6.07) is 0. The largest absolute Gasteiger partial charge is 0.176 e. The molecule has 1 atom stereocenters. The van der Waals surface area contributed by atoms with Crippen LogP contribution in [0.15, 0.2) is 24.3 Å². The van der Waals surface area contributed by atoms with E-state index in [1.54, 1.807) is 0 Å². The van der Waals surface area contributed by atoms with Crippen molar-refractivity contribution in [2.75, 3.05) is 0 Å². The summed E-state index contributed by atoms with van der Waals surface area (Å²) in [7, 11) is 0. The van der Waals surface area contributed by atoms with E-state index in [9.17, 15) is 0 Å². The highest BCUT2D eigenvalue weighted by Crippen LogP contribution is 2.13. The molecule has 13 heavy (non-hydrogen) atoms. The Balaban J connectivity index is 2.29. The number of rotatable bonds is 0. The van der Waals surface area contributed by atoms with Crippen LogP contribution in [0.5, 0.6) is 0 Å². The molecule has 0 N–H and O–H groups in total. The first-order valence-electron chi connectivity index (χ1n) is 5.37. The molecule has 1 unspecified atom stereocenters. The fourth-order valence-electron chi connectivity index (χ4n) is 1.55. The Morgan fingerprint density at radius 2 is 1.46 bits per heavy atom. The van der Waals surface area contributed by atoms with Gasteiger partial charge in [-0.1, -0.05) is 24.3 Å². The van der Waals surface area contributed by atoms with Gasteiger partial charge in [0, 0.05) is 5.25 Å². The van der Waals surface area contributed by atoms with Gasteiger partial charge in [0.1, 0.15) is 0 Å². The molecule has 0 heterocycles. The molecule has 74 valence electrons. The van der Waals surface area contributed by atoms with Gasteiger partial charge >= 0.3 is 0 Å². The zero-order valence-corrected chi connectivity index (χ0v) is 9.18. The van der Waals surface area contributed by atoms with Crippen molar-refractivity contribution in [3.05, 3.63) is 24.3 Å². The van der Waals surface area contributed by atoms with E-state index in [1.807, 2.05) is 0 Å². The standard InChI is InChI=1S/C12H20S/c13-12-10-8-6-4-2-1-3-5-7-9-11-12/h2,4,7,9,12-13H,1,3,5-6,8,10-11H2. The van der Waals surface area contributed by atoms with Gasteiger partial charge in [0.2, 0.25) is 0 Å². The Kier molecular flexibility index (Phi) is 6.09. The summed E-state index contributed by atoms with van der Waals surface area (Å²) in [6.07, 6.45) is 17.9. The first-order chi connectivity index (χ1) is 6.39. The number of hydrogen-bond acceptors (Lipinski definition) is 1. The second-order valence-corrected chi connectivity index (χ2v) is 4.42. The van der Waals surface area contributed by atoms with Crippen molar-refractivity contribution in [3.8, 4) is 0 Å². The van der Waals surface area contributed by atoms with Crippen molar-refractivity contribution in [1.29, 1.82) is 0 Å². The van der Waals surface area contributed by atoms with Gasteiger partial charge in [0.15, 0.2) is 0 Å². The lowest BCUT2D eigenvalue weighted by molar-refractivity contribution is 0.708. The molecule has 1 aliphatic carbocycles. The minimum atomic E-state index is 0.573. The molecule has 0 amide bonds. The summed E-state index contributed by atoms with van der Waals surface area (Å²) in [4.78, 5) is 0. The summed E-state index contributed by atoms with van der Waals surface area (Å²) >= 11 is 4.55. The van der Waals surface area contributed by atoms with E-state index < -0.39 is 0 Å². The molecule has 1 rings (SSSR count). The zero-order valence-electron chi connectivity index (χ0n) is 8.28. The summed E-state index contributed by atoms with van der Waals surface area (Å²) in [6.45, 7) is 0. The van der Waals surface area contributed by atoms with E-state index in [2.05, 4.69) is 36.9 Å². The Morgan fingerprint density at radius 1 is 0.846 bits per heavy atom. The Labute approximate surface area is 87.5 Å². The van der Waals surface area contributed by atoms with E-state index in [4.69, 9.17) is 0 Å². The normalized spacial score (nSPS) is 26.4. The van der Waals surface area contributed by atoms with Gasteiger partial charge in [-0.05, 0) is 44.9 Å². The summed E-state index contributed by atoms with van der Waals surface area (Å²) in [5.74, 6) is 0. The van der Waals surface area contributed by atoms with Crippen molar-refractivity contribution in [2.45, 2.75) is 50.2 Å². The molecule has 0 saturated carbocycles. The van der Waals surface area contributed by atoms with E-state index >= 15 is 0 Å². The molecular weight excluding hydrogens is 176 g/mol. The van der Waals surface area contributed by atoms with E-state index in [0.29, 0.717) is 5.25 Å². The predicted octanol–water partition coefficient (Wildman–Crippen LogP) is 4.14. The van der Waals surface area contributed by atoms with E-state index in [-0.39, 0.29) is 0 Å². The Bertz CT molecular complexity index is 170. The van der Waals surface area contributed by atoms with Crippen molar-refractivity contribution in [1.82, 2.24) is 0 Å². The molecule has 0 aromatic rings. The molecule has 0 nitrogen and oxygen atoms in total. The highest BCUT2D eigenvalue weighted by Gasteiger charge is 1.99. The van der Waals surface area contributed by atoms with E-state index in [0.717, 1.165) is 6.42 Å². The number of allylic oxidation sites excluding steroid dienone is 4. The van der Waals surface area contributed by atoms with Crippen LogP contribution in [0.4, 0.5) is 0 Å². The van der Waals surface area contributed by atoms with Gasteiger partial charge in [-0.3, -0.25) is 0 Å². The second-order valence-electron chi connectivity index (χ2n) is 3.69. The second kappa shape index (κ2) is 7.25. The molecule has 0 bridgehead atoms. The third kappa shape index (κ3) is 5.98. The van der Waals surface area contributed by atoms with Crippen molar-refractivity contribution in [3.63, 3.8) is 0 Å². The van der Waals surface area contributed by atoms with Crippen LogP contribution in [0, 0.1) is 0 Å². The molecule has 0 aromatic carbocycles. The Morgan fingerprint density at radius 3 is 2.23 bits per heavy atom. The lowest BCUT2D eigenvalue weighted by Crippen LogP contribution is -1.96. The first kappa shape index (κ1) is 10.9. The van der Waals surface area contributed by atoms with Crippen LogP contribution in [0.2, 0.25) is 0 Å². The third-order valence-corrected chi connectivity index (χ3v) is 2.86. The SMILES string of the molecule is SC1CC=CCCCC=CCCC1. The minimum absolute atomic E-state index is 0.573. The van der Waals surface area contributed by atoms with Crippen LogP contribution >= 0.6 is 12.6 Å². The van der Waals surface area contributed by atoms with Crippen LogP contribution in [0.1, 0.15) is 44.9 Å². The van der Waals surface area contributed by atoms with Gasteiger partial charge < -0.3 is 0 Å². The third-order valence-electron chi connectivity index (χ3n) is 2.39. The topological polar surface area (TPSA) is 0 Å². The fraction of sp³-hybridized carbons (Fsp3) is 0.667.